The standard InChI is InChI=1S/C16H36N.C2H6O2.FH/c1-5-9-13-17(14-10-6-2,15-11-7-3)16-12-8-4;3-1-2-4;/h5-16H2,1-4H3;3-4H,1-2H2;1H/q+1;;/p-1. The van der Waals surface area contributed by atoms with Crippen molar-refractivity contribution in [3.05, 3.63) is 0 Å². The minimum atomic E-state index is -0.125. The van der Waals surface area contributed by atoms with Crippen LogP contribution in [0, 0.1) is 0 Å². The van der Waals surface area contributed by atoms with Crippen LogP contribution in [-0.2, 0) is 0 Å². The molecule has 0 aromatic rings. The van der Waals surface area contributed by atoms with E-state index in [-0.39, 0.29) is 17.9 Å². The molecule has 22 heavy (non-hydrogen) atoms. The van der Waals surface area contributed by atoms with Gasteiger partial charge >= 0.3 is 0 Å². The summed E-state index contributed by atoms with van der Waals surface area (Å²) in [6.45, 7) is 14.8. The van der Waals surface area contributed by atoms with Crippen LogP contribution in [-0.4, -0.2) is 54.1 Å². The van der Waals surface area contributed by atoms with Crippen LogP contribution in [0.1, 0.15) is 79.1 Å². The van der Waals surface area contributed by atoms with Crippen LogP contribution in [0.2, 0.25) is 0 Å². The van der Waals surface area contributed by atoms with Crippen molar-refractivity contribution in [3.8, 4) is 0 Å². The van der Waals surface area contributed by atoms with Gasteiger partial charge in [0.2, 0.25) is 0 Å². The Hall–Kier alpha value is -0.190. The topological polar surface area (TPSA) is 40.5 Å². The van der Waals surface area contributed by atoms with Crippen molar-refractivity contribution in [2.24, 2.45) is 0 Å². The van der Waals surface area contributed by atoms with Gasteiger partial charge in [0.15, 0.2) is 0 Å². The molecule has 2 N–H and O–H groups in total. The zero-order valence-electron chi connectivity index (χ0n) is 15.6. The van der Waals surface area contributed by atoms with E-state index in [2.05, 4.69) is 27.7 Å². The van der Waals surface area contributed by atoms with Crippen LogP contribution in [0.25, 0.3) is 0 Å². The summed E-state index contributed by atoms with van der Waals surface area (Å²) < 4.78 is 1.42. The quantitative estimate of drug-likeness (QED) is 0.496. The lowest BCUT2D eigenvalue weighted by atomic mass is 10.1. The number of aliphatic hydroxyl groups is 2. The molecule has 0 aliphatic heterocycles. The number of hydrogen-bond acceptors (Lipinski definition) is 2. The maximum atomic E-state index is 7.62. The lowest BCUT2D eigenvalue weighted by molar-refractivity contribution is -0.929. The van der Waals surface area contributed by atoms with Gasteiger partial charge in [-0.2, -0.15) is 0 Å². The van der Waals surface area contributed by atoms with Gasteiger partial charge in [0.25, 0.3) is 0 Å². The number of quaternary nitrogens is 1. The SMILES string of the molecule is CCCC[N+](CCCC)(CCCC)CCCC.OCCO.[F-]. The van der Waals surface area contributed by atoms with Gasteiger partial charge in [0, 0.05) is 0 Å². The van der Waals surface area contributed by atoms with E-state index in [0.717, 1.165) is 0 Å². The van der Waals surface area contributed by atoms with Crippen molar-refractivity contribution in [1.29, 1.82) is 0 Å². The zero-order valence-corrected chi connectivity index (χ0v) is 15.6. The van der Waals surface area contributed by atoms with Crippen LogP contribution < -0.4 is 4.70 Å². The number of unbranched alkanes of at least 4 members (excludes halogenated alkanes) is 4. The van der Waals surface area contributed by atoms with Gasteiger partial charge in [-0.3, -0.25) is 0 Å². The van der Waals surface area contributed by atoms with E-state index in [1.165, 1.54) is 82.0 Å². The fraction of sp³-hybridized carbons (Fsp3) is 1.00. The Morgan fingerprint density at radius 1 is 0.545 bits per heavy atom. The summed E-state index contributed by atoms with van der Waals surface area (Å²) in [6, 6.07) is 0. The molecule has 0 atom stereocenters. The molecule has 0 aromatic heterocycles. The third-order valence-corrected chi connectivity index (χ3v) is 4.04. The van der Waals surface area contributed by atoms with Gasteiger partial charge in [0.05, 0.1) is 39.4 Å². The third kappa shape index (κ3) is 16.2. The zero-order chi connectivity index (χ0) is 16.4. The van der Waals surface area contributed by atoms with E-state index in [1.54, 1.807) is 0 Å². The highest BCUT2D eigenvalue weighted by Gasteiger charge is 2.24. The third-order valence-electron chi connectivity index (χ3n) is 4.04. The lowest BCUT2D eigenvalue weighted by Gasteiger charge is -2.39. The molecule has 0 saturated carbocycles. The van der Waals surface area contributed by atoms with E-state index in [0.29, 0.717) is 0 Å². The summed E-state index contributed by atoms with van der Waals surface area (Å²) in [6.07, 6.45) is 11.1. The highest BCUT2D eigenvalue weighted by Crippen LogP contribution is 2.16. The van der Waals surface area contributed by atoms with E-state index in [1.807, 2.05) is 0 Å². The normalized spacial score (nSPS) is 10.6. The van der Waals surface area contributed by atoms with Crippen LogP contribution in [0.3, 0.4) is 0 Å². The first-order valence-corrected chi connectivity index (χ1v) is 9.23. The summed E-state index contributed by atoms with van der Waals surface area (Å²) in [5.41, 5.74) is 0. The Morgan fingerprint density at radius 3 is 0.909 bits per heavy atom. The molecule has 0 saturated heterocycles. The second kappa shape index (κ2) is 20.8. The fourth-order valence-electron chi connectivity index (χ4n) is 2.64. The number of aliphatic hydroxyl groups excluding tert-OH is 2. The molecule has 0 aliphatic carbocycles. The van der Waals surface area contributed by atoms with Gasteiger partial charge in [-0.15, -0.1) is 0 Å². The molecule has 0 aliphatic rings. The second-order valence-electron chi connectivity index (χ2n) is 6.10. The van der Waals surface area contributed by atoms with Crippen molar-refractivity contribution < 1.29 is 19.4 Å². The van der Waals surface area contributed by atoms with Crippen LogP contribution in [0.15, 0.2) is 0 Å². The Labute approximate surface area is 138 Å². The molecular weight excluding hydrogens is 281 g/mol. The van der Waals surface area contributed by atoms with Crippen LogP contribution in [0.4, 0.5) is 0 Å². The highest BCUT2D eigenvalue weighted by atomic mass is 19.0. The van der Waals surface area contributed by atoms with E-state index < -0.39 is 0 Å². The smallest absolute Gasteiger partial charge is 0.0786 e. The molecule has 3 nitrogen and oxygen atoms in total. The molecule has 0 radical (unpaired) electrons. The Bertz CT molecular complexity index is 152. The molecule has 0 amide bonds. The minimum Gasteiger partial charge on any atom is -1.00 e. The lowest BCUT2D eigenvalue weighted by Crippen LogP contribution is -3.00. The largest absolute Gasteiger partial charge is 1.00 e. The van der Waals surface area contributed by atoms with E-state index in [4.69, 9.17) is 10.2 Å². The molecule has 0 spiro atoms. The van der Waals surface area contributed by atoms with Crippen molar-refractivity contribution in [2.45, 2.75) is 79.1 Å². The van der Waals surface area contributed by atoms with Gasteiger partial charge < -0.3 is 19.4 Å². The summed E-state index contributed by atoms with van der Waals surface area (Å²) in [7, 11) is 0. The van der Waals surface area contributed by atoms with Gasteiger partial charge in [-0.1, -0.05) is 53.4 Å². The Kier molecular flexibility index (Phi) is 25.3. The first kappa shape index (κ1) is 26.7. The Morgan fingerprint density at radius 2 is 0.773 bits per heavy atom. The maximum absolute atomic E-state index is 7.62. The van der Waals surface area contributed by atoms with Gasteiger partial charge in [-0.05, 0) is 25.7 Å². The molecule has 0 bridgehead atoms. The summed E-state index contributed by atoms with van der Waals surface area (Å²) in [4.78, 5) is 0. The molecule has 0 fully saturated rings. The molecule has 0 unspecified atom stereocenters. The molecule has 0 heterocycles. The van der Waals surface area contributed by atoms with Crippen molar-refractivity contribution >= 4 is 0 Å². The molecule has 138 valence electrons. The van der Waals surface area contributed by atoms with Crippen LogP contribution >= 0.6 is 0 Å². The average Bonchev–Trinajstić information content (AvgIpc) is 2.53. The molecule has 0 rings (SSSR count). The molecule has 4 heteroatoms. The molecular formula is C18H42FNO2. The maximum Gasteiger partial charge on any atom is 0.0786 e. The van der Waals surface area contributed by atoms with Crippen molar-refractivity contribution in [2.75, 3.05) is 39.4 Å². The number of nitrogens with zero attached hydrogens (tertiary/aromatic N) is 1. The van der Waals surface area contributed by atoms with Crippen LogP contribution in [0.5, 0.6) is 0 Å². The predicted octanol–water partition coefficient (Wildman–Crippen LogP) is 0.979. The average molecular weight is 324 g/mol. The van der Waals surface area contributed by atoms with Crippen molar-refractivity contribution in [1.82, 2.24) is 0 Å². The van der Waals surface area contributed by atoms with E-state index >= 15 is 0 Å². The first-order valence-electron chi connectivity index (χ1n) is 9.23. The number of halogens is 1. The van der Waals surface area contributed by atoms with Crippen molar-refractivity contribution in [3.63, 3.8) is 0 Å². The second-order valence-corrected chi connectivity index (χ2v) is 6.10. The number of rotatable bonds is 13. The first-order chi connectivity index (χ1) is 10.2. The summed E-state index contributed by atoms with van der Waals surface area (Å²) >= 11 is 0. The van der Waals surface area contributed by atoms with Gasteiger partial charge in [-0.25, -0.2) is 0 Å². The predicted molar refractivity (Wildman–Crippen MR) is 93.5 cm³/mol. The minimum absolute atomic E-state index is 0. The van der Waals surface area contributed by atoms with E-state index in [9.17, 15) is 0 Å². The highest BCUT2D eigenvalue weighted by molar-refractivity contribution is 4.49. The monoisotopic (exact) mass is 323 g/mol. The summed E-state index contributed by atoms with van der Waals surface area (Å²) in [5, 5.41) is 15.2. The number of hydrogen-bond donors (Lipinski definition) is 2. The van der Waals surface area contributed by atoms with Gasteiger partial charge in [0.1, 0.15) is 0 Å². The summed E-state index contributed by atoms with van der Waals surface area (Å²) in [5.74, 6) is 0. The fourth-order valence-corrected chi connectivity index (χ4v) is 2.64. The molecule has 0 aromatic carbocycles. The Balaban J connectivity index is -0.000000640.